The number of thioether (sulfide) groups is 1. The molecule has 0 aliphatic heterocycles. The fraction of sp³-hybridized carbons (Fsp3) is 0.417. The van der Waals surface area contributed by atoms with Crippen molar-refractivity contribution in [1.29, 1.82) is 0 Å². The first-order valence-electron chi connectivity index (χ1n) is 5.64. The number of aliphatic imine (C=N–C) groups is 1. The van der Waals surface area contributed by atoms with Gasteiger partial charge in [-0.3, -0.25) is 5.43 Å². The first kappa shape index (κ1) is 14.8. The Morgan fingerprint density at radius 3 is 2.94 bits per heavy atom. The van der Waals surface area contributed by atoms with Gasteiger partial charge in [0.05, 0.1) is 12.6 Å². The van der Waals surface area contributed by atoms with Crippen LogP contribution in [0.2, 0.25) is 0 Å². The van der Waals surface area contributed by atoms with Gasteiger partial charge in [0.15, 0.2) is 0 Å². The summed E-state index contributed by atoms with van der Waals surface area (Å²) in [6.45, 7) is 2.51. The summed E-state index contributed by atoms with van der Waals surface area (Å²) in [6, 6.07) is 8.08. The fourth-order valence-electron chi connectivity index (χ4n) is 1.44. The fourth-order valence-corrected chi connectivity index (χ4v) is 1.90. The summed E-state index contributed by atoms with van der Waals surface area (Å²) < 4.78 is 5.03. The minimum absolute atomic E-state index is 0.0392. The molecule has 0 saturated heterocycles. The van der Waals surface area contributed by atoms with Gasteiger partial charge in [-0.1, -0.05) is 6.07 Å². The van der Waals surface area contributed by atoms with Crippen molar-refractivity contribution in [3.8, 4) is 0 Å². The SMILES string of the molecule is COCC(C)N=C(NN)Nc1cccc(SC)c1. The Bertz CT molecular complexity index is 397. The number of hydrogen-bond acceptors (Lipinski definition) is 4. The van der Waals surface area contributed by atoms with Crippen molar-refractivity contribution in [2.24, 2.45) is 10.8 Å². The molecule has 0 aliphatic rings. The maximum atomic E-state index is 5.45. The second-order valence-corrected chi connectivity index (χ2v) is 4.66. The molecule has 18 heavy (non-hydrogen) atoms. The van der Waals surface area contributed by atoms with Crippen LogP contribution in [-0.2, 0) is 4.74 Å². The summed E-state index contributed by atoms with van der Waals surface area (Å²) in [5.74, 6) is 5.97. The standard InChI is InChI=1S/C12H20N4OS/c1-9(8-17-2)14-12(16-13)15-10-5-4-6-11(7-10)18-3/h4-7,9H,8,13H2,1-3H3,(H2,14,15,16). The predicted octanol–water partition coefficient (Wildman–Crippen LogP) is 1.67. The van der Waals surface area contributed by atoms with E-state index in [4.69, 9.17) is 10.6 Å². The molecule has 0 aliphatic carbocycles. The highest BCUT2D eigenvalue weighted by molar-refractivity contribution is 7.98. The van der Waals surface area contributed by atoms with E-state index >= 15 is 0 Å². The van der Waals surface area contributed by atoms with E-state index in [0.717, 1.165) is 5.69 Å². The molecule has 0 saturated carbocycles. The van der Waals surface area contributed by atoms with Gasteiger partial charge in [-0.05, 0) is 31.4 Å². The number of anilines is 1. The minimum Gasteiger partial charge on any atom is -0.382 e. The van der Waals surface area contributed by atoms with Crippen LogP contribution in [0.15, 0.2) is 34.2 Å². The van der Waals surface area contributed by atoms with Crippen LogP contribution in [0.25, 0.3) is 0 Å². The third kappa shape index (κ3) is 4.95. The van der Waals surface area contributed by atoms with E-state index in [1.807, 2.05) is 31.4 Å². The van der Waals surface area contributed by atoms with E-state index in [-0.39, 0.29) is 6.04 Å². The number of rotatable bonds is 5. The number of nitrogens with one attached hydrogen (secondary N) is 2. The summed E-state index contributed by atoms with van der Waals surface area (Å²) >= 11 is 1.69. The molecule has 100 valence electrons. The lowest BCUT2D eigenvalue weighted by Crippen LogP contribution is -2.37. The van der Waals surface area contributed by atoms with E-state index < -0.39 is 0 Å². The van der Waals surface area contributed by atoms with Crippen molar-refractivity contribution in [3.05, 3.63) is 24.3 Å². The molecular weight excluding hydrogens is 248 g/mol. The van der Waals surface area contributed by atoms with Crippen LogP contribution in [0.1, 0.15) is 6.92 Å². The second kappa shape index (κ2) is 7.97. The Labute approximate surface area is 112 Å². The quantitative estimate of drug-likeness (QED) is 0.249. The Morgan fingerprint density at radius 2 is 2.33 bits per heavy atom. The average molecular weight is 268 g/mol. The maximum Gasteiger partial charge on any atom is 0.210 e. The molecule has 0 amide bonds. The van der Waals surface area contributed by atoms with Gasteiger partial charge in [0.1, 0.15) is 0 Å². The van der Waals surface area contributed by atoms with Gasteiger partial charge in [-0.15, -0.1) is 11.8 Å². The monoisotopic (exact) mass is 268 g/mol. The van der Waals surface area contributed by atoms with E-state index in [1.165, 1.54) is 4.90 Å². The van der Waals surface area contributed by atoms with Crippen molar-refractivity contribution < 1.29 is 4.74 Å². The molecule has 0 spiro atoms. The first-order valence-corrected chi connectivity index (χ1v) is 6.86. The molecule has 1 aromatic carbocycles. The van der Waals surface area contributed by atoms with Crippen molar-refractivity contribution in [2.75, 3.05) is 25.3 Å². The molecule has 0 bridgehead atoms. The van der Waals surface area contributed by atoms with Crippen LogP contribution in [-0.4, -0.2) is 32.0 Å². The first-order chi connectivity index (χ1) is 8.69. The van der Waals surface area contributed by atoms with Crippen molar-refractivity contribution in [3.63, 3.8) is 0 Å². The van der Waals surface area contributed by atoms with Crippen LogP contribution in [0.4, 0.5) is 5.69 Å². The molecule has 1 rings (SSSR count). The smallest absolute Gasteiger partial charge is 0.210 e. The molecule has 1 atom stereocenters. The lowest BCUT2D eigenvalue weighted by molar-refractivity contribution is 0.185. The van der Waals surface area contributed by atoms with Crippen LogP contribution in [0.5, 0.6) is 0 Å². The number of nitrogens with zero attached hydrogens (tertiary/aromatic N) is 1. The summed E-state index contributed by atoms with van der Waals surface area (Å²) in [5, 5.41) is 3.14. The number of hydrazine groups is 1. The Morgan fingerprint density at radius 1 is 1.56 bits per heavy atom. The number of hydrogen-bond donors (Lipinski definition) is 3. The zero-order valence-corrected chi connectivity index (χ0v) is 11.8. The lowest BCUT2D eigenvalue weighted by Gasteiger charge is -2.12. The van der Waals surface area contributed by atoms with E-state index in [1.54, 1.807) is 18.9 Å². The largest absolute Gasteiger partial charge is 0.382 e. The number of methoxy groups -OCH3 is 1. The predicted molar refractivity (Wildman–Crippen MR) is 77.9 cm³/mol. The molecule has 1 aromatic rings. The number of guanidine groups is 1. The van der Waals surface area contributed by atoms with Crippen LogP contribution >= 0.6 is 11.8 Å². The third-order valence-corrected chi connectivity index (χ3v) is 2.95. The zero-order valence-electron chi connectivity index (χ0n) is 10.9. The van der Waals surface area contributed by atoms with E-state index in [0.29, 0.717) is 12.6 Å². The summed E-state index contributed by atoms with van der Waals surface area (Å²) in [6.07, 6.45) is 2.04. The second-order valence-electron chi connectivity index (χ2n) is 3.78. The molecule has 1 unspecified atom stereocenters. The molecule has 0 heterocycles. The van der Waals surface area contributed by atoms with Gasteiger partial charge in [-0.2, -0.15) is 0 Å². The molecule has 0 fully saturated rings. The van der Waals surface area contributed by atoms with Gasteiger partial charge in [-0.25, -0.2) is 10.8 Å². The Hall–Kier alpha value is -1.24. The van der Waals surface area contributed by atoms with Gasteiger partial charge >= 0.3 is 0 Å². The minimum atomic E-state index is 0.0392. The van der Waals surface area contributed by atoms with Gasteiger partial charge < -0.3 is 10.1 Å². The van der Waals surface area contributed by atoms with Crippen LogP contribution in [0.3, 0.4) is 0 Å². The molecule has 0 radical (unpaired) electrons. The lowest BCUT2D eigenvalue weighted by atomic mass is 10.3. The third-order valence-electron chi connectivity index (χ3n) is 2.23. The normalized spacial score (nSPS) is 13.2. The molecule has 5 nitrogen and oxygen atoms in total. The number of ether oxygens (including phenoxy) is 1. The van der Waals surface area contributed by atoms with Crippen LogP contribution in [0, 0.1) is 0 Å². The maximum absolute atomic E-state index is 5.45. The molecular formula is C12H20N4OS. The summed E-state index contributed by atoms with van der Waals surface area (Å²) in [7, 11) is 1.65. The van der Waals surface area contributed by atoms with Crippen LogP contribution < -0.4 is 16.6 Å². The Balaban J connectivity index is 2.72. The molecule has 0 aromatic heterocycles. The van der Waals surface area contributed by atoms with E-state index in [9.17, 15) is 0 Å². The average Bonchev–Trinajstić information content (AvgIpc) is 2.38. The highest BCUT2D eigenvalue weighted by atomic mass is 32.2. The van der Waals surface area contributed by atoms with Gasteiger partial charge in [0.2, 0.25) is 5.96 Å². The molecule has 6 heteroatoms. The Kier molecular flexibility index (Phi) is 6.56. The van der Waals surface area contributed by atoms with Crippen molar-refractivity contribution >= 4 is 23.4 Å². The van der Waals surface area contributed by atoms with E-state index in [2.05, 4.69) is 21.8 Å². The highest BCUT2D eigenvalue weighted by Gasteiger charge is 2.03. The number of nitrogens with two attached hydrogens (primary N) is 1. The van der Waals surface area contributed by atoms with Gasteiger partial charge in [0, 0.05) is 17.7 Å². The summed E-state index contributed by atoms with van der Waals surface area (Å²) in [4.78, 5) is 5.55. The highest BCUT2D eigenvalue weighted by Crippen LogP contribution is 2.18. The zero-order chi connectivity index (χ0) is 13.4. The van der Waals surface area contributed by atoms with Gasteiger partial charge in [0.25, 0.3) is 0 Å². The summed E-state index contributed by atoms with van der Waals surface area (Å²) in [5.41, 5.74) is 3.50. The van der Waals surface area contributed by atoms with Crippen molar-refractivity contribution in [1.82, 2.24) is 5.43 Å². The molecule has 4 N–H and O–H groups in total. The topological polar surface area (TPSA) is 71.7 Å². The number of benzene rings is 1. The van der Waals surface area contributed by atoms with Crippen molar-refractivity contribution in [2.45, 2.75) is 17.9 Å².